The van der Waals surface area contributed by atoms with Gasteiger partial charge in [-0.05, 0) is 19.1 Å². The predicted octanol–water partition coefficient (Wildman–Crippen LogP) is 3.09. The van der Waals surface area contributed by atoms with E-state index in [1.807, 2.05) is 19.1 Å². The van der Waals surface area contributed by atoms with Crippen LogP contribution >= 0.6 is 27.3 Å². The Morgan fingerprint density at radius 1 is 1.44 bits per heavy atom. The van der Waals surface area contributed by atoms with E-state index in [4.69, 9.17) is 0 Å². The number of halogens is 1. The van der Waals surface area contributed by atoms with Crippen molar-refractivity contribution in [3.63, 3.8) is 0 Å². The van der Waals surface area contributed by atoms with Crippen LogP contribution in [0.2, 0.25) is 0 Å². The molecule has 2 aromatic rings. The topological polar surface area (TPSA) is 42.9 Å². The Morgan fingerprint density at radius 2 is 2.12 bits per heavy atom. The number of aryl methyl sites for hydroxylation is 1. The number of nitrogens with zero attached hydrogens (tertiary/aromatic N) is 2. The fraction of sp³-hybridized carbons (Fsp3) is 0.182. The van der Waals surface area contributed by atoms with E-state index in [1.54, 1.807) is 12.4 Å². The summed E-state index contributed by atoms with van der Waals surface area (Å²) in [7, 11) is 0. The number of aromatic nitrogens is 2. The number of carbonyl (C=O) groups excluding carboxylic acids is 1. The van der Waals surface area contributed by atoms with Crippen molar-refractivity contribution in [3.8, 4) is 10.6 Å². The molecule has 0 amide bonds. The van der Waals surface area contributed by atoms with Gasteiger partial charge in [-0.3, -0.25) is 9.78 Å². The van der Waals surface area contributed by atoms with E-state index in [2.05, 4.69) is 25.9 Å². The lowest BCUT2D eigenvalue weighted by Gasteiger charge is -1.92. The molecule has 0 saturated carbocycles. The second-order valence-electron chi connectivity index (χ2n) is 3.23. The van der Waals surface area contributed by atoms with E-state index in [0.29, 0.717) is 5.33 Å². The van der Waals surface area contributed by atoms with Gasteiger partial charge in [-0.2, -0.15) is 0 Å². The molecule has 0 spiro atoms. The minimum atomic E-state index is 0.0790. The zero-order valence-corrected chi connectivity index (χ0v) is 11.0. The smallest absolute Gasteiger partial charge is 0.185 e. The largest absolute Gasteiger partial charge is 0.292 e. The molecule has 0 fully saturated rings. The summed E-state index contributed by atoms with van der Waals surface area (Å²) < 4.78 is 0. The van der Waals surface area contributed by atoms with Crippen LogP contribution in [-0.2, 0) is 0 Å². The highest BCUT2D eigenvalue weighted by atomic mass is 79.9. The average Bonchev–Trinajstić information content (AvgIpc) is 2.71. The van der Waals surface area contributed by atoms with Crippen molar-refractivity contribution in [2.24, 2.45) is 0 Å². The number of carbonyl (C=O) groups is 1. The molecule has 0 aliphatic heterocycles. The van der Waals surface area contributed by atoms with Crippen LogP contribution in [0.15, 0.2) is 24.5 Å². The summed E-state index contributed by atoms with van der Waals surface area (Å²) in [5.41, 5.74) is 1.79. The van der Waals surface area contributed by atoms with E-state index >= 15 is 0 Å². The maximum atomic E-state index is 11.6. The lowest BCUT2D eigenvalue weighted by molar-refractivity contribution is 0.102. The van der Waals surface area contributed by atoms with Gasteiger partial charge < -0.3 is 0 Å². The van der Waals surface area contributed by atoms with Gasteiger partial charge in [0.1, 0.15) is 5.01 Å². The van der Waals surface area contributed by atoms with Crippen molar-refractivity contribution in [1.82, 2.24) is 9.97 Å². The van der Waals surface area contributed by atoms with Crippen LogP contribution in [0.5, 0.6) is 0 Å². The zero-order chi connectivity index (χ0) is 11.5. The first-order chi connectivity index (χ1) is 7.72. The molecule has 16 heavy (non-hydrogen) atoms. The molecule has 2 heterocycles. The van der Waals surface area contributed by atoms with E-state index in [-0.39, 0.29) is 5.78 Å². The monoisotopic (exact) mass is 296 g/mol. The first-order valence-electron chi connectivity index (χ1n) is 4.69. The fourth-order valence-corrected chi connectivity index (χ4v) is 2.81. The van der Waals surface area contributed by atoms with E-state index < -0.39 is 0 Å². The van der Waals surface area contributed by atoms with Crippen LogP contribution in [0, 0.1) is 6.92 Å². The molecular formula is C11H9BrN2OS. The summed E-state index contributed by atoms with van der Waals surface area (Å²) in [6, 6.07) is 3.78. The molecule has 0 radical (unpaired) electrons. The Hall–Kier alpha value is -1.07. The van der Waals surface area contributed by atoms with Gasteiger partial charge in [0, 0.05) is 18.0 Å². The van der Waals surface area contributed by atoms with Gasteiger partial charge in [0.2, 0.25) is 0 Å². The van der Waals surface area contributed by atoms with Gasteiger partial charge >= 0.3 is 0 Å². The first-order valence-corrected chi connectivity index (χ1v) is 6.63. The maximum absolute atomic E-state index is 11.6. The Bertz CT molecular complexity index is 510. The standard InChI is InChI=1S/C11H9BrN2OS/c1-7-10(9(15)6-12)16-11(14-7)8-2-4-13-5-3-8/h2-5H,6H2,1H3. The van der Waals surface area contributed by atoms with E-state index in [9.17, 15) is 4.79 Å². The molecular weight excluding hydrogens is 288 g/mol. The molecule has 5 heteroatoms. The van der Waals surface area contributed by atoms with Crippen molar-refractivity contribution in [2.75, 3.05) is 5.33 Å². The van der Waals surface area contributed by atoms with Crippen LogP contribution in [0.25, 0.3) is 10.6 Å². The fourth-order valence-electron chi connectivity index (χ4n) is 1.33. The molecule has 0 aliphatic rings. The van der Waals surface area contributed by atoms with Crippen molar-refractivity contribution in [2.45, 2.75) is 6.92 Å². The number of rotatable bonds is 3. The quantitative estimate of drug-likeness (QED) is 0.646. The third-order valence-corrected chi connectivity index (χ3v) is 3.86. The SMILES string of the molecule is Cc1nc(-c2ccncc2)sc1C(=O)CBr. The number of alkyl halides is 1. The molecule has 82 valence electrons. The summed E-state index contributed by atoms with van der Waals surface area (Å²) in [6.45, 7) is 1.86. The van der Waals surface area contributed by atoms with Gasteiger partial charge in [0.05, 0.1) is 15.9 Å². The van der Waals surface area contributed by atoms with Gasteiger partial charge in [0.25, 0.3) is 0 Å². The zero-order valence-electron chi connectivity index (χ0n) is 8.61. The molecule has 0 aromatic carbocycles. The molecule has 2 aromatic heterocycles. The number of Topliss-reactive ketones (excluding diaryl/α,β-unsaturated/α-hetero) is 1. The molecule has 3 nitrogen and oxygen atoms in total. The van der Waals surface area contributed by atoms with Crippen molar-refractivity contribution in [3.05, 3.63) is 35.1 Å². The summed E-state index contributed by atoms with van der Waals surface area (Å²) in [4.78, 5) is 20.7. The Kier molecular flexibility index (Phi) is 3.46. The molecule has 0 N–H and O–H groups in total. The van der Waals surface area contributed by atoms with E-state index in [1.165, 1.54) is 11.3 Å². The van der Waals surface area contributed by atoms with Gasteiger partial charge in [-0.15, -0.1) is 11.3 Å². The predicted molar refractivity (Wildman–Crippen MR) is 68.2 cm³/mol. The lowest BCUT2D eigenvalue weighted by atomic mass is 10.3. The van der Waals surface area contributed by atoms with Crippen LogP contribution in [0.3, 0.4) is 0 Å². The Morgan fingerprint density at radius 3 is 2.75 bits per heavy atom. The molecule has 0 bridgehead atoms. The minimum absolute atomic E-state index is 0.0790. The van der Waals surface area contributed by atoms with Crippen LogP contribution < -0.4 is 0 Å². The number of thiazole rings is 1. The normalized spacial score (nSPS) is 10.4. The summed E-state index contributed by atoms with van der Waals surface area (Å²) in [5.74, 6) is 0.0790. The molecule has 2 rings (SSSR count). The number of hydrogen-bond donors (Lipinski definition) is 0. The van der Waals surface area contributed by atoms with Crippen LogP contribution in [-0.4, -0.2) is 21.1 Å². The summed E-state index contributed by atoms with van der Waals surface area (Å²) >= 11 is 4.60. The average molecular weight is 297 g/mol. The highest BCUT2D eigenvalue weighted by molar-refractivity contribution is 9.09. The minimum Gasteiger partial charge on any atom is -0.292 e. The maximum Gasteiger partial charge on any atom is 0.185 e. The van der Waals surface area contributed by atoms with Crippen molar-refractivity contribution < 1.29 is 4.79 Å². The third kappa shape index (κ3) is 2.20. The molecule has 0 unspecified atom stereocenters. The summed E-state index contributed by atoms with van der Waals surface area (Å²) in [6.07, 6.45) is 3.44. The van der Waals surface area contributed by atoms with Crippen molar-refractivity contribution in [1.29, 1.82) is 0 Å². The number of ketones is 1. The highest BCUT2D eigenvalue weighted by Gasteiger charge is 2.14. The van der Waals surface area contributed by atoms with Gasteiger partial charge in [-0.1, -0.05) is 15.9 Å². The molecule has 0 atom stereocenters. The molecule has 0 aliphatic carbocycles. The Labute approximate surface area is 106 Å². The molecule has 0 saturated heterocycles. The van der Waals surface area contributed by atoms with Gasteiger partial charge in [-0.25, -0.2) is 4.98 Å². The summed E-state index contributed by atoms with van der Waals surface area (Å²) in [5, 5.41) is 1.20. The van der Waals surface area contributed by atoms with E-state index in [0.717, 1.165) is 21.1 Å². The second kappa shape index (κ2) is 4.84. The lowest BCUT2D eigenvalue weighted by Crippen LogP contribution is -1.98. The van der Waals surface area contributed by atoms with Crippen LogP contribution in [0.1, 0.15) is 15.4 Å². The number of pyridine rings is 1. The highest BCUT2D eigenvalue weighted by Crippen LogP contribution is 2.27. The first kappa shape index (κ1) is 11.4. The van der Waals surface area contributed by atoms with Gasteiger partial charge in [0.15, 0.2) is 5.78 Å². The van der Waals surface area contributed by atoms with Crippen molar-refractivity contribution >= 4 is 33.0 Å². The third-order valence-electron chi connectivity index (χ3n) is 2.10. The second-order valence-corrected chi connectivity index (χ2v) is 4.79. The number of hydrogen-bond acceptors (Lipinski definition) is 4. The van der Waals surface area contributed by atoms with Crippen LogP contribution in [0.4, 0.5) is 0 Å². The Balaban J connectivity index is 2.42.